The van der Waals surface area contributed by atoms with E-state index in [1.807, 2.05) is 0 Å². The summed E-state index contributed by atoms with van der Waals surface area (Å²) in [5.41, 5.74) is 0. The highest BCUT2D eigenvalue weighted by atomic mass is 16.7. The van der Waals surface area contributed by atoms with Crippen molar-refractivity contribution in [1.82, 2.24) is 0 Å². The number of carbonyl (C=O) groups is 1. The molecule has 0 aromatic carbocycles. The Morgan fingerprint density at radius 3 is 2.50 bits per heavy atom. The number of carboxylic acids is 1. The molecule has 0 aromatic heterocycles. The van der Waals surface area contributed by atoms with Crippen LogP contribution in [0.15, 0.2) is 0 Å². The third-order valence-corrected chi connectivity index (χ3v) is 2.12. The lowest BCUT2D eigenvalue weighted by Gasteiger charge is -2.39. The van der Waals surface area contributed by atoms with E-state index in [4.69, 9.17) is 10.2 Å². The van der Waals surface area contributed by atoms with Gasteiger partial charge in [-0.25, -0.2) is 4.79 Å². The molecular weight excluding hydrogens is 196 g/mol. The molecule has 14 heavy (non-hydrogen) atoms. The molecule has 1 aliphatic rings. The lowest BCUT2D eigenvalue weighted by atomic mass is 9.96. The van der Waals surface area contributed by atoms with Crippen LogP contribution in [0.25, 0.3) is 0 Å². The van der Waals surface area contributed by atoms with Gasteiger partial charge in [-0.15, -0.1) is 0 Å². The Labute approximate surface area is 79.2 Å². The molecule has 4 atom stereocenters. The first-order valence-electron chi connectivity index (χ1n) is 4.01. The van der Waals surface area contributed by atoms with Crippen LogP contribution in [0.3, 0.4) is 0 Å². The Hall–Kier alpha value is -0.730. The van der Waals surface area contributed by atoms with Crippen molar-refractivity contribution in [2.75, 3.05) is 6.61 Å². The number of aliphatic hydroxyl groups is 4. The maximum atomic E-state index is 10.5. The summed E-state index contributed by atoms with van der Waals surface area (Å²) in [5, 5.41) is 45.0. The van der Waals surface area contributed by atoms with Crippen LogP contribution < -0.4 is 0 Å². The molecule has 0 saturated carbocycles. The minimum Gasteiger partial charge on any atom is -0.477 e. The Kier molecular flexibility index (Phi) is 3.07. The van der Waals surface area contributed by atoms with Crippen molar-refractivity contribution in [3.8, 4) is 0 Å². The quantitative estimate of drug-likeness (QED) is 0.333. The first-order chi connectivity index (χ1) is 6.40. The predicted octanol–water partition coefficient (Wildman–Crippen LogP) is -2.74. The molecule has 5 N–H and O–H groups in total. The van der Waals surface area contributed by atoms with Crippen molar-refractivity contribution in [3.05, 3.63) is 0 Å². The smallest absolute Gasteiger partial charge is 0.364 e. The minimum absolute atomic E-state index is 0.639. The molecule has 1 fully saturated rings. The van der Waals surface area contributed by atoms with E-state index in [9.17, 15) is 20.1 Å². The lowest BCUT2D eigenvalue weighted by molar-refractivity contribution is -0.298. The maximum Gasteiger partial charge on any atom is 0.364 e. The third-order valence-electron chi connectivity index (χ3n) is 2.12. The fourth-order valence-corrected chi connectivity index (χ4v) is 1.30. The van der Waals surface area contributed by atoms with E-state index >= 15 is 0 Å². The number of ether oxygens (including phenoxy) is 1. The van der Waals surface area contributed by atoms with Gasteiger partial charge in [-0.2, -0.15) is 0 Å². The molecule has 0 aliphatic carbocycles. The SMILES string of the molecule is O=C(O)C1(O)C[C@H](O)[C@H](O)[C@@H](CO)O1. The average Bonchev–Trinajstić information content (AvgIpc) is 2.11. The molecule has 1 saturated heterocycles. The van der Waals surface area contributed by atoms with Gasteiger partial charge in [-0.1, -0.05) is 0 Å². The Morgan fingerprint density at radius 2 is 2.07 bits per heavy atom. The van der Waals surface area contributed by atoms with Crippen LogP contribution in [0.4, 0.5) is 0 Å². The van der Waals surface area contributed by atoms with E-state index in [1.54, 1.807) is 0 Å². The number of aliphatic carboxylic acids is 1. The summed E-state index contributed by atoms with van der Waals surface area (Å²) in [6.07, 6.45) is -4.79. The summed E-state index contributed by atoms with van der Waals surface area (Å²) in [5.74, 6) is -4.21. The normalized spacial score (nSPS) is 43.6. The predicted molar refractivity (Wildman–Crippen MR) is 41.2 cm³/mol. The van der Waals surface area contributed by atoms with E-state index < -0.39 is 43.1 Å². The van der Waals surface area contributed by atoms with Crippen LogP contribution in [0.5, 0.6) is 0 Å². The first kappa shape index (κ1) is 11.3. The molecule has 1 heterocycles. The summed E-state index contributed by atoms with van der Waals surface area (Å²) >= 11 is 0. The highest BCUT2D eigenvalue weighted by Crippen LogP contribution is 2.27. The van der Waals surface area contributed by atoms with Gasteiger partial charge >= 0.3 is 5.97 Å². The zero-order chi connectivity index (χ0) is 10.9. The molecule has 82 valence electrons. The van der Waals surface area contributed by atoms with E-state index in [1.165, 1.54) is 0 Å². The Morgan fingerprint density at radius 1 is 1.50 bits per heavy atom. The first-order valence-corrected chi connectivity index (χ1v) is 4.01. The van der Waals surface area contributed by atoms with Crippen molar-refractivity contribution in [2.24, 2.45) is 0 Å². The standard InChI is InChI=1S/C7H12O7/c8-2-4-5(10)3(9)1-7(13,14-4)6(11)12/h3-5,8-10,13H,1-2H2,(H,11,12)/t3-,4+,5-,7?/m0/s1. The van der Waals surface area contributed by atoms with Crippen LogP contribution in [-0.4, -0.2) is 62.2 Å². The van der Waals surface area contributed by atoms with Gasteiger partial charge in [0.05, 0.1) is 12.7 Å². The molecule has 1 unspecified atom stereocenters. The molecule has 7 nitrogen and oxygen atoms in total. The van der Waals surface area contributed by atoms with Gasteiger partial charge in [-0.3, -0.25) is 0 Å². The van der Waals surface area contributed by atoms with Crippen molar-refractivity contribution in [2.45, 2.75) is 30.5 Å². The fourth-order valence-electron chi connectivity index (χ4n) is 1.30. The summed E-state index contributed by atoms with van der Waals surface area (Å²) in [6, 6.07) is 0. The third kappa shape index (κ3) is 1.86. The molecule has 0 aromatic rings. The van der Waals surface area contributed by atoms with Crippen molar-refractivity contribution in [1.29, 1.82) is 0 Å². The fraction of sp³-hybridized carbons (Fsp3) is 0.857. The number of carboxylic acid groups (broad SMARTS) is 1. The van der Waals surface area contributed by atoms with Crippen LogP contribution in [-0.2, 0) is 9.53 Å². The zero-order valence-corrected chi connectivity index (χ0v) is 7.20. The summed E-state index contributed by atoms with van der Waals surface area (Å²) in [6.45, 7) is -0.687. The minimum atomic E-state index is -2.55. The molecular formula is C7H12O7. The van der Waals surface area contributed by atoms with Crippen LogP contribution in [0.1, 0.15) is 6.42 Å². The number of rotatable bonds is 2. The van der Waals surface area contributed by atoms with E-state index in [0.29, 0.717) is 0 Å². The molecule has 1 rings (SSSR count). The average molecular weight is 208 g/mol. The lowest BCUT2D eigenvalue weighted by Crippen LogP contribution is -2.59. The van der Waals surface area contributed by atoms with Crippen LogP contribution in [0.2, 0.25) is 0 Å². The highest BCUT2D eigenvalue weighted by Gasteiger charge is 2.50. The van der Waals surface area contributed by atoms with Gasteiger partial charge in [0, 0.05) is 6.42 Å². The molecule has 0 amide bonds. The number of hydrogen-bond donors (Lipinski definition) is 5. The Balaban J connectivity index is 2.81. The van der Waals surface area contributed by atoms with Gasteiger partial charge in [0.25, 0.3) is 5.79 Å². The van der Waals surface area contributed by atoms with Crippen LogP contribution in [0, 0.1) is 0 Å². The summed E-state index contributed by atoms with van der Waals surface area (Å²) in [7, 11) is 0. The number of aliphatic hydroxyl groups excluding tert-OH is 3. The molecule has 1 aliphatic heterocycles. The van der Waals surface area contributed by atoms with E-state index in [0.717, 1.165) is 0 Å². The van der Waals surface area contributed by atoms with E-state index in [-0.39, 0.29) is 0 Å². The van der Waals surface area contributed by atoms with Crippen molar-refractivity contribution in [3.63, 3.8) is 0 Å². The topological polar surface area (TPSA) is 127 Å². The zero-order valence-electron chi connectivity index (χ0n) is 7.20. The largest absolute Gasteiger partial charge is 0.477 e. The monoisotopic (exact) mass is 208 g/mol. The van der Waals surface area contributed by atoms with E-state index in [2.05, 4.69) is 4.74 Å². The molecule has 7 heteroatoms. The molecule has 0 spiro atoms. The second-order valence-corrected chi connectivity index (χ2v) is 3.19. The number of hydrogen-bond acceptors (Lipinski definition) is 6. The maximum absolute atomic E-state index is 10.5. The van der Waals surface area contributed by atoms with Crippen molar-refractivity contribution < 1.29 is 35.1 Å². The van der Waals surface area contributed by atoms with Gasteiger partial charge in [-0.05, 0) is 0 Å². The van der Waals surface area contributed by atoms with Crippen molar-refractivity contribution >= 4 is 5.97 Å². The second kappa shape index (κ2) is 3.79. The van der Waals surface area contributed by atoms with Gasteiger partial charge in [0.2, 0.25) is 0 Å². The summed E-state index contributed by atoms with van der Waals surface area (Å²) < 4.78 is 4.56. The second-order valence-electron chi connectivity index (χ2n) is 3.19. The van der Waals surface area contributed by atoms with Gasteiger partial charge < -0.3 is 30.3 Å². The summed E-state index contributed by atoms with van der Waals surface area (Å²) in [4.78, 5) is 10.5. The highest BCUT2D eigenvalue weighted by molar-refractivity contribution is 5.75. The van der Waals surface area contributed by atoms with Gasteiger partial charge in [0.15, 0.2) is 0 Å². The van der Waals surface area contributed by atoms with Gasteiger partial charge in [0.1, 0.15) is 12.2 Å². The molecule has 0 radical (unpaired) electrons. The Bertz CT molecular complexity index is 230. The van der Waals surface area contributed by atoms with Crippen LogP contribution >= 0.6 is 0 Å². The molecule has 0 bridgehead atoms.